The number of para-hydroxylation sites is 1. The van der Waals surface area contributed by atoms with Gasteiger partial charge in [-0.2, -0.15) is 0 Å². The van der Waals surface area contributed by atoms with Crippen molar-refractivity contribution < 1.29 is 29.3 Å². The number of rotatable bonds is 8. The first kappa shape index (κ1) is 28.5. The van der Waals surface area contributed by atoms with Crippen molar-refractivity contribution in [2.24, 2.45) is 0 Å². The van der Waals surface area contributed by atoms with Crippen LogP contribution in [0.2, 0.25) is 0 Å². The minimum absolute atomic E-state index is 0.0687. The number of nitrogens with zero attached hydrogens (tertiary/aromatic N) is 1. The Morgan fingerprint density at radius 1 is 1.00 bits per heavy atom. The average molecular weight is 500 g/mol. The maximum absolute atomic E-state index is 13.8. The number of benzene rings is 2. The third-order valence-corrected chi connectivity index (χ3v) is 5.34. The normalized spacial score (nSPS) is 13.0. The van der Waals surface area contributed by atoms with Crippen LogP contribution in [0.1, 0.15) is 57.4 Å². The van der Waals surface area contributed by atoms with E-state index in [0.717, 1.165) is 0 Å². The van der Waals surface area contributed by atoms with Crippen molar-refractivity contribution in [3.05, 3.63) is 59.2 Å². The second kappa shape index (κ2) is 11.8. The molecule has 4 N–H and O–H groups in total. The fourth-order valence-corrected chi connectivity index (χ4v) is 3.68. The molecular weight excluding hydrogens is 462 g/mol. The molecule has 0 fully saturated rings. The van der Waals surface area contributed by atoms with Gasteiger partial charge in [-0.15, -0.1) is 0 Å². The van der Waals surface area contributed by atoms with E-state index in [1.807, 2.05) is 0 Å². The summed E-state index contributed by atoms with van der Waals surface area (Å²) < 4.78 is 5.35. The van der Waals surface area contributed by atoms with Crippen LogP contribution in [0, 0.1) is 6.92 Å². The molecule has 3 amide bonds. The summed E-state index contributed by atoms with van der Waals surface area (Å²) in [6, 6.07) is 8.80. The number of carbonyl (C=O) groups excluding carboxylic acids is 3. The molecular formula is C27H37N3O6. The van der Waals surface area contributed by atoms with Crippen molar-refractivity contribution in [2.75, 3.05) is 7.05 Å². The van der Waals surface area contributed by atoms with Gasteiger partial charge in [0, 0.05) is 25.1 Å². The van der Waals surface area contributed by atoms with E-state index in [1.54, 1.807) is 71.9 Å². The Kier molecular flexibility index (Phi) is 9.33. The monoisotopic (exact) mass is 499 g/mol. The van der Waals surface area contributed by atoms with Crippen molar-refractivity contribution in [2.45, 2.75) is 71.7 Å². The summed E-state index contributed by atoms with van der Waals surface area (Å²) >= 11 is 0. The fourth-order valence-electron chi connectivity index (χ4n) is 3.68. The van der Waals surface area contributed by atoms with Gasteiger partial charge in [-0.05, 0) is 64.8 Å². The molecule has 0 heterocycles. The third-order valence-electron chi connectivity index (χ3n) is 5.34. The highest BCUT2D eigenvalue weighted by Gasteiger charge is 2.35. The van der Waals surface area contributed by atoms with Gasteiger partial charge in [0.25, 0.3) is 0 Å². The number of phenolic OH excluding ortho intramolecular Hbond substituents is 2. The smallest absolute Gasteiger partial charge is 0.408 e. The van der Waals surface area contributed by atoms with Gasteiger partial charge < -0.3 is 30.5 Å². The van der Waals surface area contributed by atoms with Gasteiger partial charge in [0.05, 0.1) is 0 Å². The number of aromatic hydroxyl groups is 2. The molecule has 0 aromatic heterocycles. The molecule has 2 atom stereocenters. The van der Waals surface area contributed by atoms with Gasteiger partial charge in [0.2, 0.25) is 11.8 Å². The van der Waals surface area contributed by atoms with E-state index in [0.29, 0.717) is 11.1 Å². The first-order valence-corrected chi connectivity index (χ1v) is 11.8. The highest BCUT2D eigenvalue weighted by atomic mass is 16.6. The van der Waals surface area contributed by atoms with Crippen LogP contribution < -0.4 is 10.6 Å². The van der Waals surface area contributed by atoms with Gasteiger partial charge in [0.1, 0.15) is 29.2 Å². The number of ether oxygens (including phenoxy) is 1. The van der Waals surface area contributed by atoms with E-state index in [1.165, 1.54) is 24.1 Å². The fraction of sp³-hybridized carbons (Fsp3) is 0.444. The lowest BCUT2D eigenvalue weighted by Gasteiger charge is -2.32. The van der Waals surface area contributed by atoms with Crippen LogP contribution in [0.4, 0.5) is 4.79 Å². The Morgan fingerprint density at radius 2 is 1.61 bits per heavy atom. The molecule has 9 heteroatoms. The number of amides is 3. The Labute approximate surface area is 212 Å². The summed E-state index contributed by atoms with van der Waals surface area (Å²) in [5.74, 6) is -1.04. The Bertz CT molecular complexity index is 1080. The van der Waals surface area contributed by atoms with Crippen LogP contribution in [0.15, 0.2) is 42.5 Å². The Hall–Kier alpha value is -3.75. The molecule has 9 nitrogen and oxygen atoms in total. The van der Waals surface area contributed by atoms with Gasteiger partial charge in [-0.25, -0.2) is 4.79 Å². The molecule has 0 bridgehead atoms. The van der Waals surface area contributed by atoms with Gasteiger partial charge >= 0.3 is 6.09 Å². The average Bonchev–Trinajstić information content (AvgIpc) is 2.75. The predicted molar refractivity (Wildman–Crippen MR) is 137 cm³/mol. The van der Waals surface area contributed by atoms with E-state index >= 15 is 0 Å². The van der Waals surface area contributed by atoms with E-state index in [2.05, 4.69) is 10.6 Å². The van der Waals surface area contributed by atoms with Gasteiger partial charge in [0.15, 0.2) is 0 Å². The highest BCUT2D eigenvalue weighted by molar-refractivity contribution is 5.92. The molecule has 0 spiro atoms. The first-order chi connectivity index (χ1) is 16.7. The molecule has 0 aliphatic rings. The van der Waals surface area contributed by atoms with Crippen molar-refractivity contribution in [3.8, 4) is 11.5 Å². The molecule has 0 saturated carbocycles. The molecule has 196 valence electrons. The zero-order valence-corrected chi connectivity index (χ0v) is 22.0. The Balaban J connectivity index is 2.46. The number of phenols is 2. The number of aryl methyl sites for hydroxylation is 1. The second-order valence-corrected chi connectivity index (χ2v) is 10.1. The lowest BCUT2D eigenvalue weighted by atomic mass is 9.98. The van der Waals surface area contributed by atoms with Crippen LogP contribution >= 0.6 is 0 Å². The number of hydrogen-bond donors (Lipinski definition) is 4. The standard InChI is InChI=1S/C27H37N3O6/c1-16(2)28-24(33)22(20-10-8-9-17(3)23(20)32)30(7)25(34)21(29-26(35)36-27(4,5)6)15-18-11-13-19(31)14-12-18/h8-14,16,21-22,31-32H,15H2,1-7H3,(H,28,33)(H,29,35). The van der Waals surface area contributed by atoms with Crippen molar-refractivity contribution in [3.63, 3.8) is 0 Å². The topological polar surface area (TPSA) is 128 Å². The van der Waals surface area contributed by atoms with E-state index in [-0.39, 0.29) is 29.5 Å². The molecule has 2 aromatic rings. The van der Waals surface area contributed by atoms with E-state index < -0.39 is 35.6 Å². The lowest BCUT2D eigenvalue weighted by Crippen LogP contribution is -2.53. The zero-order chi connectivity index (χ0) is 27.2. The SMILES string of the molecule is Cc1cccc(C(C(=O)NC(C)C)N(C)C(=O)C(Cc2ccc(O)cc2)NC(=O)OC(C)(C)C)c1O. The molecule has 0 aliphatic carbocycles. The maximum atomic E-state index is 13.8. The summed E-state index contributed by atoms with van der Waals surface area (Å²) in [5, 5.41) is 25.8. The van der Waals surface area contributed by atoms with Gasteiger partial charge in [-0.3, -0.25) is 9.59 Å². The first-order valence-electron chi connectivity index (χ1n) is 11.8. The minimum atomic E-state index is -1.15. The quantitative estimate of drug-likeness (QED) is 0.440. The highest BCUT2D eigenvalue weighted by Crippen LogP contribution is 2.31. The molecule has 36 heavy (non-hydrogen) atoms. The summed E-state index contributed by atoms with van der Waals surface area (Å²) in [6.07, 6.45) is -0.698. The summed E-state index contributed by atoms with van der Waals surface area (Å²) in [6.45, 7) is 10.4. The third kappa shape index (κ3) is 7.90. The Morgan fingerprint density at radius 3 is 2.17 bits per heavy atom. The number of carbonyl (C=O) groups is 3. The minimum Gasteiger partial charge on any atom is -0.508 e. The largest absolute Gasteiger partial charge is 0.508 e. The number of likely N-dealkylation sites (N-methyl/N-ethyl adjacent to an activating group) is 1. The van der Waals surface area contributed by atoms with E-state index in [4.69, 9.17) is 4.74 Å². The van der Waals surface area contributed by atoms with Crippen molar-refractivity contribution >= 4 is 17.9 Å². The molecule has 0 aliphatic heterocycles. The second-order valence-electron chi connectivity index (χ2n) is 10.1. The molecule has 0 radical (unpaired) electrons. The van der Waals surface area contributed by atoms with Crippen LogP contribution in [0.25, 0.3) is 0 Å². The number of alkyl carbamates (subject to hydrolysis) is 1. The summed E-state index contributed by atoms with van der Waals surface area (Å²) in [4.78, 5) is 40.8. The van der Waals surface area contributed by atoms with Gasteiger partial charge in [-0.1, -0.05) is 30.3 Å². The zero-order valence-electron chi connectivity index (χ0n) is 22.0. The van der Waals surface area contributed by atoms with E-state index in [9.17, 15) is 24.6 Å². The van der Waals surface area contributed by atoms with Crippen LogP contribution in [0.5, 0.6) is 11.5 Å². The van der Waals surface area contributed by atoms with Crippen molar-refractivity contribution in [1.29, 1.82) is 0 Å². The number of nitrogens with one attached hydrogen (secondary N) is 2. The molecule has 2 unspecified atom stereocenters. The molecule has 2 aromatic carbocycles. The molecule has 2 rings (SSSR count). The lowest BCUT2D eigenvalue weighted by molar-refractivity contribution is -0.141. The summed E-state index contributed by atoms with van der Waals surface area (Å²) in [7, 11) is 1.45. The molecule has 0 saturated heterocycles. The van der Waals surface area contributed by atoms with Crippen LogP contribution in [-0.4, -0.2) is 57.8 Å². The number of hydrogen-bond acceptors (Lipinski definition) is 6. The van der Waals surface area contributed by atoms with Crippen molar-refractivity contribution in [1.82, 2.24) is 15.5 Å². The predicted octanol–water partition coefficient (Wildman–Crippen LogP) is 3.57. The summed E-state index contributed by atoms with van der Waals surface area (Å²) in [5.41, 5.74) is 0.722. The van der Waals surface area contributed by atoms with Crippen LogP contribution in [0.3, 0.4) is 0 Å². The van der Waals surface area contributed by atoms with Crippen LogP contribution in [-0.2, 0) is 20.7 Å². The maximum Gasteiger partial charge on any atom is 0.408 e.